The Hall–Kier alpha value is -1.40. The van der Waals surface area contributed by atoms with Crippen LogP contribution in [0.4, 0.5) is 0 Å². The summed E-state index contributed by atoms with van der Waals surface area (Å²) in [7, 11) is 0. The molecule has 2 heterocycles. The van der Waals surface area contributed by atoms with Gasteiger partial charge in [0.15, 0.2) is 6.10 Å². The van der Waals surface area contributed by atoms with Crippen LogP contribution in [0.3, 0.4) is 0 Å². The van der Waals surface area contributed by atoms with E-state index in [1.54, 1.807) is 23.2 Å². The van der Waals surface area contributed by atoms with Crippen molar-refractivity contribution < 1.29 is 19.4 Å². The maximum Gasteiger partial charge on any atom is 0.334 e. The van der Waals surface area contributed by atoms with E-state index in [2.05, 4.69) is 19.9 Å². The average molecular weight is 325 g/mol. The maximum absolute atomic E-state index is 12.3. The molecule has 0 radical (unpaired) electrons. The van der Waals surface area contributed by atoms with E-state index in [4.69, 9.17) is 9.84 Å². The molecule has 5 nitrogen and oxygen atoms in total. The zero-order chi connectivity index (χ0) is 16.3. The Morgan fingerprint density at radius 3 is 2.73 bits per heavy atom. The number of hydrogen-bond donors (Lipinski definition) is 1. The van der Waals surface area contributed by atoms with Gasteiger partial charge in [-0.15, -0.1) is 11.3 Å². The molecule has 1 aliphatic rings. The molecule has 2 atom stereocenters. The first-order chi connectivity index (χ1) is 10.4. The molecule has 0 spiro atoms. The van der Waals surface area contributed by atoms with Crippen molar-refractivity contribution in [1.82, 2.24) is 4.90 Å². The summed E-state index contributed by atoms with van der Waals surface area (Å²) in [4.78, 5) is 27.6. The summed E-state index contributed by atoms with van der Waals surface area (Å²) in [5, 5.41) is 9.05. The molecule has 1 fully saturated rings. The Morgan fingerprint density at radius 2 is 2.14 bits per heavy atom. The highest BCUT2D eigenvalue weighted by molar-refractivity contribution is 7.12. The van der Waals surface area contributed by atoms with E-state index in [0.717, 1.165) is 12.8 Å². The smallest absolute Gasteiger partial charge is 0.334 e. The molecule has 1 aromatic rings. The molecule has 122 valence electrons. The molecule has 0 saturated carbocycles. The van der Waals surface area contributed by atoms with Crippen LogP contribution < -0.4 is 0 Å². The summed E-state index contributed by atoms with van der Waals surface area (Å²) < 4.78 is 5.33. The van der Waals surface area contributed by atoms with Crippen LogP contribution in [0.25, 0.3) is 0 Å². The summed E-state index contributed by atoms with van der Waals surface area (Å²) in [6, 6.07) is 2.18. The number of nitrogens with zero attached hydrogens (tertiary/aromatic N) is 1. The first kappa shape index (κ1) is 17.0. The minimum atomic E-state index is -1.01. The van der Waals surface area contributed by atoms with E-state index in [-0.39, 0.29) is 18.6 Å². The predicted molar refractivity (Wildman–Crippen MR) is 85.3 cm³/mol. The van der Waals surface area contributed by atoms with Gasteiger partial charge in [-0.2, -0.15) is 0 Å². The van der Waals surface area contributed by atoms with Crippen molar-refractivity contribution in [2.75, 3.05) is 13.1 Å². The van der Waals surface area contributed by atoms with Gasteiger partial charge in [-0.25, -0.2) is 4.79 Å². The molecule has 1 saturated heterocycles. The van der Waals surface area contributed by atoms with E-state index in [0.29, 0.717) is 13.0 Å². The molecule has 1 N–H and O–H groups in total. The number of ether oxygens (including phenoxy) is 1. The van der Waals surface area contributed by atoms with E-state index in [1.807, 2.05) is 0 Å². The molecule has 22 heavy (non-hydrogen) atoms. The van der Waals surface area contributed by atoms with Gasteiger partial charge in [0.25, 0.3) is 0 Å². The highest BCUT2D eigenvalue weighted by Crippen LogP contribution is 2.22. The summed E-state index contributed by atoms with van der Waals surface area (Å²) in [5.74, 6) is -0.986. The molecule has 1 aromatic heterocycles. The van der Waals surface area contributed by atoms with Gasteiger partial charge in [-0.3, -0.25) is 4.79 Å². The third kappa shape index (κ3) is 4.30. The van der Waals surface area contributed by atoms with Crippen LogP contribution in [0.5, 0.6) is 0 Å². The second-order valence-electron chi connectivity index (χ2n) is 5.86. The Balaban J connectivity index is 1.84. The standard InChI is InChI=1S/C16H23NO4S/c1-10-8-17(9-14(21-10)16(19)20)15(18)6-4-5-13-7-11(2)22-12(13)3/h7,10,14H,4-6,8-9H2,1-3H3,(H,19,20)/t10-,14?/m1/s1. The molecule has 0 bridgehead atoms. The van der Waals surface area contributed by atoms with Gasteiger partial charge in [0.1, 0.15) is 0 Å². The topological polar surface area (TPSA) is 66.8 Å². The molecule has 1 amide bonds. The normalized spacial score (nSPS) is 21.9. The van der Waals surface area contributed by atoms with Gasteiger partial charge >= 0.3 is 5.97 Å². The van der Waals surface area contributed by atoms with Crippen molar-refractivity contribution in [2.24, 2.45) is 0 Å². The summed E-state index contributed by atoms with van der Waals surface area (Å²) in [6.07, 6.45) is 0.992. The molecule has 0 aromatic carbocycles. The number of aliphatic carboxylic acids is 1. The quantitative estimate of drug-likeness (QED) is 0.902. The minimum Gasteiger partial charge on any atom is -0.479 e. The molecular formula is C16H23NO4S. The number of thiophene rings is 1. The highest BCUT2D eigenvalue weighted by Gasteiger charge is 2.32. The van der Waals surface area contributed by atoms with Crippen molar-refractivity contribution in [3.05, 3.63) is 21.4 Å². The fraction of sp³-hybridized carbons (Fsp3) is 0.625. The average Bonchev–Trinajstić information content (AvgIpc) is 2.76. The van der Waals surface area contributed by atoms with Crippen LogP contribution in [-0.4, -0.2) is 47.2 Å². The predicted octanol–water partition coefficient (Wildman–Crippen LogP) is 2.39. The van der Waals surface area contributed by atoms with Gasteiger partial charge in [0, 0.05) is 22.7 Å². The summed E-state index contributed by atoms with van der Waals surface area (Å²) in [6.45, 7) is 6.62. The first-order valence-corrected chi connectivity index (χ1v) is 8.40. The van der Waals surface area contributed by atoms with E-state index in [1.165, 1.54) is 15.3 Å². The largest absolute Gasteiger partial charge is 0.479 e. The fourth-order valence-corrected chi connectivity index (χ4v) is 3.79. The lowest BCUT2D eigenvalue weighted by Crippen LogP contribution is -2.51. The number of aryl methyl sites for hydroxylation is 3. The number of carboxylic acids is 1. The lowest BCUT2D eigenvalue weighted by Gasteiger charge is -2.35. The van der Waals surface area contributed by atoms with Crippen LogP contribution in [-0.2, 0) is 20.7 Å². The second kappa shape index (κ2) is 7.24. The number of carboxylic acid groups (broad SMARTS) is 1. The third-order valence-electron chi connectivity index (χ3n) is 3.87. The zero-order valence-corrected chi connectivity index (χ0v) is 14.1. The van der Waals surface area contributed by atoms with Gasteiger partial charge in [0.05, 0.1) is 12.6 Å². The van der Waals surface area contributed by atoms with Crippen LogP contribution >= 0.6 is 11.3 Å². The zero-order valence-electron chi connectivity index (χ0n) is 13.3. The van der Waals surface area contributed by atoms with Crippen LogP contribution in [0, 0.1) is 13.8 Å². The Bertz CT molecular complexity index is 554. The Labute approximate surface area is 134 Å². The minimum absolute atomic E-state index is 0.0194. The third-order valence-corrected chi connectivity index (χ3v) is 4.88. The molecule has 6 heteroatoms. The van der Waals surface area contributed by atoms with E-state index in [9.17, 15) is 9.59 Å². The number of amides is 1. The van der Waals surface area contributed by atoms with E-state index >= 15 is 0 Å². The van der Waals surface area contributed by atoms with Gasteiger partial charge in [-0.1, -0.05) is 0 Å². The van der Waals surface area contributed by atoms with Crippen LogP contribution in [0.2, 0.25) is 0 Å². The van der Waals surface area contributed by atoms with Crippen molar-refractivity contribution in [3.63, 3.8) is 0 Å². The summed E-state index contributed by atoms with van der Waals surface area (Å²) >= 11 is 1.78. The number of carbonyl (C=O) groups excluding carboxylic acids is 1. The van der Waals surface area contributed by atoms with Gasteiger partial charge in [0.2, 0.25) is 5.91 Å². The Kier molecular flexibility index (Phi) is 5.58. The number of hydrogen-bond acceptors (Lipinski definition) is 4. The number of morpholine rings is 1. The SMILES string of the molecule is Cc1cc(CCCC(=O)N2CC(C(=O)O)O[C@H](C)C2)c(C)s1. The van der Waals surface area contributed by atoms with Crippen LogP contribution in [0.1, 0.15) is 35.1 Å². The van der Waals surface area contributed by atoms with Crippen molar-refractivity contribution in [2.45, 2.75) is 52.2 Å². The number of rotatable bonds is 5. The molecule has 0 aliphatic carbocycles. The summed E-state index contributed by atoms with van der Waals surface area (Å²) in [5.41, 5.74) is 1.31. The Morgan fingerprint density at radius 1 is 1.41 bits per heavy atom. The molecule has 2 rings (SSSR count). The first-order valence-electron chi connectivity index (χ1n) is 7.58. The van der Waals surface area contributed by atoms with Crippen LogP contribution in [0.15, 0.2) is 6.07 Å². The monoisotopic (exact) mass is 325 g/mol. The lowest BCUT2D eigenvalue weighted by molar-refractivity contribution is -0.166. The highest BCUT2D eigenvalue weighted by atomic mass is 32.1. The van der Waals surface area contributed by atoms with E-state index < -0.39 is 12.1 Å². The van der Waals surface area contributed by atoms with Gasteiger partial charge < -0.3 is 14.7 Å². The molecule has 1 unspecified atom stereocenters. The lowest BCUT2D eigenvalue weighted by atomic mass is 10.1. The van der Waals surface area contributed by atoms with Crippen molar-refractivity contribution in [1.29, 1.82) is 0 Å². The molecular weight excluding hydrogens is 302 g/mol. The van der Waals surface area contributed by atoms with Crippen molar-refractivity contribution >= 4 is 23.2 Å². The molecule has 1 aliphatic heterocycles. The second-order valence-corrected chi connectivity index (χ2v) is 7.32. The van der Waals surface area contributed by atoms with Gasteiger partial charge in [-0.05, 0) is 45.2 Å². The van der Waals surface area contributed by atoms with Crippen molar-refractivity contribution in [3.8, 4) is 0 Å². The fourth-order valence-electron chi connectivity index (χ4n) is 2.81. The number of carbonyl (C=O) groups is 2. The maximum atomic E-state index is 12.3.